The first kappa shape index (κ1) is 13.6. The summed E-state index contributed by atoms with van der Waals surface area (Å²) in [4.78, 5) is 4.66. The van der Waals surface area contributed by atoms with Gasteiger partial charge in [0.05, 0.1) is 20.6 Å². The normalized spacial score (nSPS) is 12.8. The highest BCUT2D eigenvalue weighted by molar-refractivity contribution is 7.18. The molecule has 1 atom stereocenters. The average Bonchev–Trinajstić information content (AvgIpc) is 2.80. The van der Waals surface area contributed by atoms with Gasteiger partial charge in [0.15, 0.2) is 0 Å². The molecule has 0 saturated heterocycles. The molecule has 0 spiro atoms. The zero-order valence-corrected chi connectivity index (χ0v) is 13.1. The molecule has 2 aromatic carbocycles. The number of hydrogen-bond donors (Lipinski definition) is 0. The van der Waals surface area contributed by atoms with Crippen molar-refractivity contribution in [2.75, 3.05) is 0 Å². The Hall–Kier alpha value is -1.38. The second-order valence-corrected chi connectivity index (χ2v) is 6.75. The average molecular weight is 302 g/mol. The van der Waals surface area contributed by atoms with Crippen LogP contribution in [0.4, 0.5) is 0 Å². The Labute approximate surface area is 128 Å². The lowest BCUT2D eigenvalue weighted by Gasteiger charge is -2.12. The molecule has 102 valence electrons. The number of benzene rings is 2. The van der Waals surface area contributed by atoms with Gasteiger partial charge in [-0.15, -0.1) is 22.9 Å². The number of halogens is 1. The van der Waals surface area contributed by atoms with Crippen molar-refractivity contribution in [3.8, 4) is 0 Å². The number of para-hydroxylation sites is 1. The van der Waals surface area contributed by atoms with Gasteiger partial charge in [-0.25, -0.2) is 4.98 Å². The molecule has 0 aliphatic carbocycles. The highest BCUT2D eigenvalue weighted by Crippen LogP contribution is 2.31. The van der Waals surface area contributed by atoms with Gasteiger partial charge in [-0.3, -0.25) is 0 Å². The van der Waals surface area contributed by atoms with Gasteiger partial charge in [0.25, 0.3) is 0 Å². The second-order valence-electron chi connectivity index (χ2n) is 5.11. The molecule has 0 amide bonds. The third-order valence-corrected chi connectivity index (χ3v) is 4.90. The number of thiazole rings is 1. The topological polar surface area (TPSA) is 12.9 Å². The van der Waals surface area contributed by atoms with Crippen LogP contribution in [0.2, 0.25) is 0 Å². The Kier molecular flexibility index (Phi) is 3.77. The zero-order valence-electron chi connectivity index (χ0n) is 11.6. The van der Waals surface area contributed by atoms with Crippen LogP contribution < -0.4 is 0 Å². The van der Waals surface area contributed by atoms with Crippen molar-refractivity contribution in [3.05, 3.63) is 64.2 Å². The van der Waals surface area contributed by atoms with Crippen molar-refractivity contribution in [2.24, 2.45) is 0 Å². The van der Waals surface area contributed by atoms with Crippen molar-refractivity contribution >= 4 is 33.2 Å². The summed E-state index contributed by atoms with van der Waals surface area (Å²) in [5.41, 5.74) is 4.80. The fourth-order valence-electron chi connectivity index (χ4n) is 2.45. The zero-order chi connectivity index (χ0) is 14.1. The van der Waals surface area contributed by atoms with E-state index < -0.39 is 0 Å². The molecule has 1 heterocycles. The van der Waals surface area contributed by atoms with Gasteiger partial charge in [0.2, 0.25) is 0 Å². The summed E-state index contributed by atoms with van der Waals surface area (Å²) < 4.78 is 1.23. The highest BCUT2D eigenvalue weighted by Gasteiger charge is 2.14. The van der Waals surface area contributed by atoms with Crippen molar-refractivity contribution in [3.63, 3.8) is 0 Å². The Morgan fingerprint density at radius 3 is 2.70 bits per heavy atom. The first-order chi connectivity index (χ1) is 9.63. The van der Waals surface area contributed by atoms with E-state index in [2.05, 4.69) is 49.2 Å². The Morgan fingerprint density at radius 1 is 1.15 bits per heavy atom. The van der Waals surface area contributed by atoms with Gasteiger partial charge in [-0.05, 0) is 37.1 Å². The van der Waals surface area contributed by atoms with E-state index in [1.165, 1.54) is 21.4 Å². The van der Waals surface area contributed by atoms with E-state index in [-0.39, 0.29) is 5.38 Å². The lowest BCUT2D eigenvalue weighted by atomic mass is 10.0. The number of hydrogen-bond acceptors (Lipinski definition) is 2. The van der Waals surface area contributed by atoms with E-state index >= 15 is 0 Å². The van der Waals surface area contributed by atoms with E-state index in [4.69, 9.17) is 11.6 Å². The van der Waals surface area contributed by atoms with E-state index in [9.17, 15) is 0 Å². The first-order valence-corrected chi connectivity index (χ1v) is 7.94. The molecule has 1 unspecified atom stereocenters. The van der Waals surface area contributed by atoms with Gasteiger partial charge in [0, 0.05) is 6.42 Å². The molecule has 0 saturated carbocycles. The molecule has 0 radical (unpaired) electrons. The summed E-state index contributed by atoms with van der Waals surface area (Å²) in [6.07, 6.45) is 0.783. The van der Waals surface area contributed by atoms with E-state index in [0.717, 1.165) is 16.9 Å². The molecule has 3 aromatic rings. The van der Waals surface area contributed by atoms with E-state index in [1.807, 2.05) is 12.1 Å². The summed E-state index contributed by atoms with van der Waals surface area (Å²) in [5, 5.41) is 1.09. The van der Waals surface area contributed by atoms with Crippen LogP contribution in [0.15, 0.2) is 42.5 Å². The van der Waals surface area contributed by atoms with Gasteiger partial charge in [0.1, 0.15) is 0 Å². The Morgan fingerprint density at radius 2 is 1.95 bits per heavy atom. The van der Waals surface area contributed by atoms with Crippen LogP contribution in [0.5, 0.6) is 0 Å². The molecule has 0 bridgehead atoms. The predicted molar refractivity (Wildman–Crippen MR) is 87.8 cm³/mol. The van der Waals surface area contributed by atoms with Crippen LogP contribution in [0.1, 0.15) is 27.1 Å². The number of fused-ring (bicyclic) bond motifs is 1. The molecule has 1 aromatic heterocycles. The largest absolute Gasteiger partial charge is 0.241 e. The quantitative estimate of drug-likeness (QED) is 0.587. The van der Waals surface area contributed by atoms with E-state index in [0.29, 0.717) is 0 Å². The fraction of sp³-hybridized carbons (Fsp3) is 0.235. The maximum Gasteiger partial charge on any atom is 0.0956 e. The van der Waals surface area contributed by atoms with Crippen molar-refractivity contribution in [2.45, 2.75) is 25.6 Å². The predicted octanol–water partition coefficient (Wildman–Crippen LogP) is 5.44. The van der Waals surface area contributed by atoms with Crippen LogP contribution in [0.3, 0.4) is 0 Å². The standard InChI is InChI=1S/C17H16ClNS/c1-11-7-8-13(12(2)9-11)14(18)10-17-19-15-5-3-4-6-16(15)20-17/h3-9,14H,10H2,1-2H3. The highest BCUT2D eigenvalue weighted by atomic mass is 35.5. The lowest BCUT2D eigenvalue weighted by molar-refractivity contribution is 0.901. The molecular weight excluding hydrogens is 286 g/mol. The minimum atomic E-state index is -0.0174. The van der Waals surface area contributed by atoms with Crippen molar-refractivity contribution in [1.82, 2.24) is 4.98 Å². The van der Waals surface area contributed by atoms with Crippen LogP contribution in [-0.2, 0) is 6.42 Å². The Balaban J connectivity index is 1.86. The summed E-state index contributed by atoms with van der Waals surface area (Å²) >= 11 is 8.33. The number of aryl methyl sites for hydroxylation is 2. The minimum Gasteiger partial charge on any atom is -0.241 e. The summed E-state index contributed by atoms with van der Waals surface area (Å²) in [6, 6.07) is 14.7. The molecule has 0 aliphatic heterocycles. The van der Waals surface area contributed by atoms with Gasteiger partial charge < -0.3 is 0 Å². The van der Waals surface area contributed by atoms with Crippen molar-refractivity contribution in [1.29, 1.82) is 0 Å². The summed E-state index contributed by atoms with van der Waals surface area (Å²) in [7, 11) is 0. The third kappa shape index (κ3) is 2.72. The third-order valence-electron chi connectivity index (χ3n) is 3.45. The number of rotatable bonds is 3. The van der Waals surface area contributed by atoms with Gasteiger partial charge >= 0.3 is 0 Å². The van der Waals surface area contributed by atoms with Crippen LogP contribution in [0, 0.1) is 13.8 Å². The van der Waals surface area contributed by atoms with Gasteiger partial charge in [-0.1, -0.05) is 35.9 Å². The molecule has 1 nitrogen and oxygen atoms in total. The molecule has 20 heavy (non-hydrogen) atoms. The monoisotopic (exact) mass is 301 g/mol. The van der Waals surface area contributed by atoms with Crippen LogP contribution in [-0.4, -0.2) is 4.98 Å². The van der Waals surface area contributed by atoms with Crippen molar-refractivity contribution < 1.29 is 0 Å². The molecular formula is C17H16ClNS. The SMILES string of the molecule is Cc1ccc(C(Cl)Cc2nc3ccccc3s2)c(C)c1. The summed E-state index contributed by atoms with van der Waals surface area (Å²) in [5.74, 6) is 0. The second kappa shape index (κ2) is 5.55. The molecule has 0 aliphatic rings. The minimum absolute atomic E-state index is 0.0174. The van der Waals surface area contributed by atoms with Crippen LogP contribution >= 0.6 is 22.9 Å². The molecule has 0 N–H and O–H groups in total. The lowest BCUT2D eigenvalue weighted by Crippen LogP contribution is -1.98. The number of aromatic nitrogens is 1. The van der Waals surface area contributed by atoms with Gasteiger partial charge in [-0.2, -0.15) is 0 Å². The molecule has 0 fully saturated rings. The smallest absolute Gasteiger partial charge is 0.0956 e. The number of nitrogens with zero attached hydrogens (tertiary/aromatic N) is 1. The first-order valence-electron chi connectivity index (χ1n) is 6.69. The number of alkyl halides is 1. The Bertz CT molecular complexity index is 715. The fourth-order valence-corrected chi connectivity index (χ4v) is 3.94. The molecule has 3 rings (SSSR count). The maximum absolute atomic E-state index is 6.59. The van der Waals surface area contributed by atoms with E-state index in [1.54, 1.807) is 11.3 Å². The molecule has 3 heteroatoms. The summed E-state index contributed by atoms with van der Waals surface area (Å²) in [6.45, 7) is 4.23. The van der Waals surface area contributed by atoms with Crippen LogP contribution in [0.25, 0.3) is 10.2 Å². The maximum atomic E-state index is 6.59.